The molecule has 0 heterocycles. The van der Waals surface area contributed by atoms with Gasteiger partial charge in [-0.3, -0.25) is 9.59 Å². The van der Waals surface area contributed by atoms with E-state index < -0.39 is 0 Å². The van der Waals surface area contributed by atoms with Gasteiger partial charge < -0.3 is 0 Å². The summed E-state index contributed by atoms with van der Waals surface area (Å²) in [5.41, 5.74) is 0. The van der Waals surface area contributed by atoms with Crippen LogP contribution in [0.3, 0.4) is 0 Å². The van der Waals surface area contributed by atoms with Crippen molar-refractivity contribution >= 4 is 11.6 Å². The number of allylic oxidation sites excluding steroid dienone is 2. The van der Waals surface area contributed by atoms with Crippen LogP contribution in [0.4, 0.5) is 0 Å². The number of rotatable bonds is 12. The van der Waals surface area contributed by atoms with Gasteiger partial charge in [-0.25, -0.2) is 0 Å². The summed E-state index contributed by atoms with van der Waals surface area (Å²) in [5, 5.41) is 0. The molecule has 2 heteroatoms. The second kappa shape index (κ2) is 9.39. The van der Waals surface area contributed by atoms with E-state index in [1.165, 1.54) is 25.7 Å². The molecule has 0 saturated heterocycles. The number of unbranched alkanes of at least 4 members (excludes halogenated alkanes) is 6. The van der Waals surface area contributed by atoms with Gasteiger partial charge in [0, 0.05) is 24.7 Å². The van der Waals surface area contributed by atoms with Gasteiger partial charge in [-0.15, -0.1) is 0 Å². The first-order valence-electron chi connectivity index (χ1n) is 9.92. The van der Waals surface area contributed by atoms with E-state index >= 15 is 0 Å². The van der Waals surface area contributed by atoms with Crippen LogP contribution in [-0.4, -0.2) is 11.6 Å². The van der Waals surface area contributed by atoms with Crippen LogP contribution in [0, 0.1) is 23.7 Å². The topological polar surface area (TPSA) is 34.1 Å². The first kappa shape index (κ1) is 18.4. The molecule has 2 aliphatic carbocycles. The highest BCUT2D eigenvalue weighted by Gasteiger charge is 2.50. The SMILES string of the molecule is CCCCCCC(=O)C1C2C=CC(C2)C1C(=O)CCCCCC. The zero-order valence-corrected chi connectivity index (χ0v) is 15.1. The monoisotopic (exact) mass is 318 g/mol. The lowest BCUT2D eigenvalue weighted by Crippen LogP contribution is -2.33. The maximum atomic E-state index is 12.7. The van der Waals surface area contributed by atoms with Crippen molar-refractivity contribution in [3.8, 4) is 0 Å². The van der Waals surface area contributed by atoms with E-state index in [2.05, 4.69) is 26.0 Å². The fourth-order valence-electron chi connectivity index (χ4n) is 4.49. The van der Waals surface area contributed by atoms with Gasteiger partial charge in [0.25, 0.3) is 0 Å². The van der Waals surface area contributed by atoms with Crippen molar-refractivity contribution < 1.29 is 9.59 Å². The first-order chi connectivity index (χ1) is 11.2. The molecule has 0 amide bonds. The molecule has 2 aliphatic rings. The Kier molecular flexibility index (Phi) is 7.52. The summed E-state index contributed by atoms with van der Waals surface area (Å²) in [7, 11) is 0. The molecule has 0 radical (unpaired) electrons. The van der Waals surface area contributed by atoms with Gasteiger partial charge in [-0.1, -0.05) is 64.5 Å². The van der Waals surface area contributed by atoms with Gasteiger partial charge in [0.2, 0.25) is 0 Å². The van der Waals surface area contributed by atoms with E-state index in [1.807, 2.05) is 0 Å². The van der Waals surface area contributed by atoms with Crippen LogP contribution in [0.2, 0.25) is 0 Å². The minimum absolute atomic E-state index is 0.00491. The van der Waals surface area contributed by atoms with Crippen LogP contribution in [0.1, 0.15) is 84.5 Å². The molecule has 0 aromatic carbocycles. The van der Waals surface area contributed by atoms with Gasteiger partial charge in [0.15, 0.2) is 0 Å². The lowest BCUT2D eigenvalue weighted by atomic mass is 9.76. The lowest BCUT2D eigenvalue weighted by molar-refractivity contribution is -0.133. The summed E-state index contributed by atoms with van der Waals surface area (Å²) in [6, 6.07) is 0. The predicted octanol–water partition coefficient (Wildman–Crippen LogP) is 5.50. The largest absolute Gasteiger partial charge is 0.299 e. The van der Waals surface area contributed by atoms with Gasteiger partial charge in [-0.2, -0.15) is 0 Å². The van der Waals surface area contributed by atoms with Crippen LogP contribution in [0.25, 0.3) is 0 Å². The number of hydrogen-bond acceptors (Lipinski definition) is 2. The molecule has 0 spiro atoms. The van der Waals surface area contributed by atoms with E-state index in [4.69, 9.17) is 0 Å². The Bertz CT molecular complexity index is 386. The molecule has 1 fully saturated rings. The van der Waals surface area contributed by atoms with Crippen molar-refractivity contribution in [2.24, 2.45) is 23.7 Å². The molecule has 23 heavy (non-hydrogen) atoms. The molecule has 0 aliphatic heterocycles. The zero-order chi connectivity index (χ0) is 16.7. The minimum atomic E-state index is 0.00491. The molecule has 4 atom stereocenters. The average Bonchev–Trinajstić information content (AvgIpc) is 3.16. The highest BCUT2D eigenvalue weighted by molar-refractivity contribution is 5.91. The Morgan fingerprint density at radius 2 is 1.17 bits per heavy atom. The van der Waals surface area contributed by atoms with Crippen LogP contribution >= 0.6 is 0 Å². The van der Waals surface area contributed by atoms with Gasteiger partial charge >= 0.3 is 0 Å². The standard InChI is InChI=1S/C21H34O2/c1-3-5-7-9-11-18(22)20-16-13-14-17(15-16)21(20)19(23)12-10-8-6-4-2/h13-14,16-17,20-21H,3-12,15H2,1-2H3. The van der Waals surface area contributed by atoms with Gasteiger partial charge in [0.1, 0.15) is 11.6 Å². The summed E-state index contributed by atoms with van der Waals surface area (Å²) in [5.74, 6) is 1.44. The normalized spacial score (nSPS) is 28.4. The number of Topliss-reactive ketones (excluding diaryl/α,β-unsaturated/α-hetero) is 2. The number of carbonyl (C=O) groups excluding carboxylic acids is 2. The third kappa shape index (κ3) is 4.78. The summed E-state index contributed by atoms with van der Waals surface area (Å²) >= 11 is 0. The molecular formula is C21H34O2. The molecule has 0 aromatic heterocycles. The van der Waals surface area contributed by atoms with Crippen LogP contribution in [-0.2, 0) is 9.59 Å². The van der Waals surface area contributed by atoms with Crippen molar-refractivity contribution in [2.45, 2.75) is 84.5 Å². The smallest absolute Gasteiger partial charge is 0.137 e. The van der Waals surface area contributed by atoms with E-state index in [1.54, 1.807) is 0 Å². The van der Waals surface area contributed by atoms with Crippen LogP contribution in [0.15, 0.2) is 12.2 Å². The Hall–Kier alpha value is -0.920. The van der Waals surface area contributed by atoms with E-state index in [0.717, 1.165) is 32.1 Å². The fourth-order valence-corrected chi connectivity index (χ4v) is 4.49. The molecule has 2 bridgehead atoms. The second-order valence-electron chi connectivity index (χ2n) is 7.55. The second-order valence-corrected chi connectivity index (χ2v) is 7.55. The van der Waals surface area contributed by atoms with Crippen molar-refractivity contribution in [2.75, 3.05) is 0 Å². The molecule has 2 nitrogen and oxygen atoms in total. The molecule has 2 rings (SSSR count). The first-order valence-corrected chi connectivity index (χ1v) is 9.92. The molecule has 1 saturated carbocycles. The number of ketones is 2. The minimum Gasteiger partial charge on any atom is -0.299 e. The maximum absolute atomic E-state index is 12.7. The average molecular weight is 319 g/mol. The van der Waals surface area contributed by atoms with Gasteiger partial charge in [-0.05, 0) is 31.1 Å². The highest BCUT2D eigenvalue weighted by Crippen LogP contribution is 2.49. The third-order valence-electron chi connectivity index (χ3n) is 5.76. The number of carbonyl (C=O) groups is 2. The van der Waals surface area contributed by atoms with Crippen molar-refractivity contribution in [3.05, 3.63) is 12.2 Å². The molecule has 0 aromatic rings. The van der Waals surface area contributed by atoms with Crippen LogP contribution < -0.4 is 0 Å². The van der Waals surface area contributed by atoms with E-state index in [0.29, 0.717) is 36.2 Å². The third-order valence-corrected chi connectivity index (χ3v) is 5.76. The number of hydrogen-bond donors (Lipinski definition) is 0. The summed E-state index contributed by atoms with van der Waals surface area (Å²) in [4.78, 5) is 25.4. The summed E-state index contributed by atoms with van der Waals surface area (Å²) in [6.45, 7) is 4.38. The predicted molar refractivity (Wildman–Crippen MR) is 95.2 cm³/mol. The Morgan fingerprint density at radius 3 is 1.57 bits per heavy atom. The van der Waals surface area contributed by atoms with Crippen molar-refractivity contribution in [3.63, 3.8) is 0 Å². The molecule has 4 unspecified atom stereocenters. The van der Waals surface area contributed by atoms with E-state index in [9.17, 15) is 9.59 Å². The van der Waals surface area contributed by atoms with Crippen molar-refractivity contribution in [1.82, 2.24) is 0 Å². The number of fused-ring (bicyclic) bond motifs is 2. The Labute approximate surface area is 142 Å². The Morgan fingerprint density at radius 1 is 0.739 bits per heavy atom. The maximum Gasteiger partial charge on any atom is 0.137 e. The molecule has 130 valence electrons. The summed E-state index contributed by atoms with van der Waals surface area (Å²) in [6.07, 6.45) is 15.9. The highest BCUT2D eigenvalue weighted by atomic mass is 16.1. The molecule has 0 N–H and O–H groups in total. The lowest BCUT2D eigenvalue weighted by Gasteiger charge is -2.26. The van der Waals surface area contributed by atoms with Gasteiger partial charge in [0.05, 0.1) is 0 Å². The summed E-state index contributed by atoms with van der Waals surface area (Å²) < 4.78 is 0. The fraction of sp³-hybridized carbons (Fsp3) is 0.810. The van der Waals surface area contributed by atoms with Crippen molar-refractivity contribution in [1.29, 1.82) is 0 Å². The van der Waals surface area contributed by atoms with E-state index in [-0.39, 0.29) is 11.8 Å². The quantitative estimate of drug-likeness (QED) is 0.351. The molecular weight excluding hydrogens is 284 g/mol. The Balaban J connectivity index is 1.87. The van der Waals surface area contributed by atoms with Crippen LogP contribution in [0.5, 0.6) is 0 Å². The zero-order valence-electron chi connectivity index (χ0n) is 15.1.